The number of hydrogen-bond donors (Lipinski definition) is 0. The summed E-state index contributed by atoms with van der Waals surface area (Å²) >= 11 is 0. The van der Waals surface area contributed by atoms with Crippen LogP contribution in [0.15, 0.2) is 60.8 Å². The van der Waals surface area contributed by atoms with Crippen molar-refractivity contribution in [2.24, 2.45) is 0 Å². The number of carbonyl (C=O) groups is 1. The van der Waals surface area contributed by atoms with Gasteiger partial charge in [0.1, 0.15) is 0 Å². The Bertz CT molecular complexity index is 1290. The molecule has 6 rings (SSSR count). The van der Waals surface area contributed by atoms with E-state index >= 15 is 0 Å². The Morgan fingerprint density at radius 2 is 1.59 bits per heavy atom. The molecule has 3 heterocycles. The van der Waals surface area contributed by atoms with E-state index in [1.54, 1.807) is 0 Å². The number of benzene rings is 2. The van der Waals surface area contributed by atoms with Crippen LogP contribution in [0, 0.1) is 11.3 Å². The Kier molecular flexibility index (Phi) is 7.78. The molecule has 1 aromatic heterocycles. The zero-order valence-corrected chi connectivity index (χ0v) is 22.8. The molecule has 0 bridgehead atoms. The Morgan fingerprint density at radius 3 is 2.31 bits per heavy atom. The molecule has 6 heteroatoms. The van der Waals surface area contributed by atoms with Gasteiger partial charge in [-0.2, -0.15) is 10.4 Å². The standard InChI is InChI=1S/C33H39N5O/c34-21-25-11-13-26(14-12-25)23-36-18-15-28(16-19-36)32-31(22-35-38(32)30-9-5-2-6-10-30)33(39)37-20-17-29(24-37)27-7-3-1-4-8-27/h1,3-4,7-8,11-14,22,28-30H,2,5-6,9-10,15-20,23-24H2/t29-/m0/s1. The fourth-order valence-corrected chi connectivity index (χ4v) is 6.98. The van der Waals surface area contributed by atoms with Crippen LogP contribution in [0.3, 0.4) is 0 Å². The Balaban J connectivity index is 1.19. The van der Waals surface area contributed by atoms with Crippen molar-refractivity contribution < 1.29 is 4.79 Å². The Labute approximate surface area is 232 Å². The van der Waals surface area contributed by atoms with Crippen molar-refractivity contribution in [3.63, 3.8) is 0 Å². The van der Waals surface area contributed by atoms with Gasteiger partial charge in [0, 0.05) is 31.5 Å². The van der Waals surface area contributed by atoms with Gasteiger partial charge < -0.3 is 4.90 Å². The second kappa shape index (κ2) is 11.8. The van der Waals surface area contributed by atoms with Crippen LogP contribution in [0.2, 0.25) is 0 Å². The minimum atomic E-state index is 0.172. The summed E-state index contributed by atoms with van der Waals surface area (Å²) in [4.78, 5) is 18.6. The Morgan fingerprint density at radius 1 is 0.872 bits per heavy atom. The number of nitrogens with zero attached hydrogens (tertiary/aromatic N) is 5. The summed E-state index contributed by atoms with van der Waals surface area (Å²) in [5.41, 5.74) is 5.34. The molecular weight excluding hydrogens is 482 g/mol. The molecule has 1 atom stereocenters. The highest BCUT2D eigenvalue weighted by Crippen LogP contribution is 2.37. The molecule has 0 radical (unpaired) electrons. The van der Waals surface area contributed by atoms with Crippen molar-refractivity contribution in [1.29, 1.82) is 5.26 Å². The van der Waals surface area contributed by atoms with Gasteiger partial charge in [-0.15, -0.1) is 0 Å². The van der Waals surface area contributed by atoms with Gasteiger partial charge in [0.05, 0.1) is 35.1 Å². The third kappa shape index (κ3) is 5.65. The van der Waals surface area contributed by atoms with E-state index in [0.717, 1.165) is 57.5 Å². The van der Waals surface area contributed by atoms with Crippen LogP contribution >= 0.6 is 0 Å². The molecule has 202 valence electrons. The van der Waals surface area contributed by atoms with Crippen LogP contribution in [0.4, 0.5) is 0 Å². The highest BCUT2D eigenvalue weighted by molar-refractivity contribution is 5.95. The molecule has 1 aliphatic carbocycles. The van der Waals surface area contributed by atoms with Gasteiger partial charge in [-0.1, -0.05) is 61.7 Å². The van der Waals surface area contributed by atoms with Crippen LogP contribution in [-0.2, 0) is 6.54 Å². The highest BCUT2D eigenvalue weighted by atomic mass is 16.2. The largest absolute Gasteiger partial charge is 0.338 e. The van der Waals surface area contributed by atoms with Gasteiger partial charge in [0.2, 0.25) is 0 Å². The molecule has 6 nitrogen and oxygen atoms in total. The SMILES string of the molecule is N#Cc1ccc(CN2CCC(c3c(C(=O)N4CC[C@H](c5ccccc5)C4)cnn3C3CCCCC3)CC2)cc1. The highest BCUT2D eigenvalue weighted by Gasteiger charge is 2.35. The lowest BCUT2D eigenvalue weighted by Crippen LogP contribution is -2.35. The van der Waals surface area contributed by atoms with Crippen molar-refractivity contribution in [1.82, 2.24) is 19.6 Å². The lowest BCUT2D eigenvalue weighted by molar-refractivity contribution is 0.0787. The predicted molar refractivity (Wildman–Crippen MR) is 152 cm³/mol. The molecule has 0 spiro atoms. The van der Waals surface area contributed by atoms with Gasteiger partial charge in [-0.25, -0.2) is 0 Å². The predicted octanol–water partition coefficient (Wildman–Crippen LogP) is 6.27. The molecule has 3 aliphatic rings. The van der Waals surface area contributed by atoms with Crippen molar-refractivity contribution in [3.05, 3.63) is 88.7 Å². The van der Waals surface area contributed by atoms with Crippen molar-refractivity contribution >= 4 is 5.91 Å². The zero-order chi connectivity index (χ0) is 26.6. The van der Waals surface area contributed by atoms with Crippen LogP contribution < -0.4 is 0 Å². The molecule has 2 aromatic carbocycles. The van der Waals surface area contributed by atoms with Crippen LogP contribution in [-0.4, -0.2) is 51.7 Å². The van der Waals surface area contributed by atoms with Crippen LogP contribution in [0.25, 0.3) is 0 Å². The normalized spacial score (nSPS) is 21.2. The maximum Gasteiger partial charge on any atom is 0.257 e. The topological polar surface area (TPSA) is 65.2 Å². The summed E-state index contributed by atoms with van der Waals surface area (Å²) in [5, 5.41) is 14.0. The van der Waals surface area contributed by atoms with Gasteiger partial charge in [-0.3, -0.25) is 14.4 Å². The zero-order valence-electron chi connectivity index (χ0n) is 22.8. The molecule has 0 N–H and O–H groups in total. The summed E-state index contributed by atoms with van der Waals surface area (Å²) in [6.45, 7) is 4.53. The maximum atomic E-state index is 14.0. The summed E-state index contributed by atoms with van der Waals surface area (Å²) in [7, 11) is 0. The first-order valence-corrected chi connectivity index (χ1v) is 14.8. The number of amides is 1. The summed E-state index contributed by atoms with van der Waals surface area (Å²) < 4.78 is 2.28. The molecule has 3 fully saturated rings. The average Bonchev–Trinajstić information content (AvgIpc) is 3.67. The van der Waals surface area contributed by atoms with E-state index in [9.17, 15) is 4.79 Å². The van der Waals surface area contributed by atoms with Crippen LogP contribution in [0.1, 0.15) is 102 Å². The minimum Gasteiger partial charge on any atom is -0.338 e. The van der Waals surface area contributed by atoms with Crippen molar-refractivity contribution in [2.45, 2.75) is 75.8 Å². The maximum absolute atomic E-state index is 14.0. The average molecular weight is 522 g/mol. The lowest BCUT2D eigenvalue weighted by Gasteiger charge is -2.34. The fourth-order valence-electron chi connectivity index (χ4n) is 6.98. The molecule has 1 amide bonds. The minimum absolute atomic E-state index is 0.172. The monoisotopic (exact) mass is 521 g/mol. The number of nitriles is 1. The van der Waals surface area contributed by atoms with Crippen molar-refractivity contribution in [3.8, 4) is 6.07 Å². The summed E-state index contributed by atoms with van der Waals surface area (Å²) in [6.07, 6.45) is 11.1. The van der Waals surface area contributed by atoms with E-state index in [-0.39, 0.29) is 5.91 Å². The first-order chi connectivity index (χ1) is 19.2. The number of hydrogen-bond acceptors (Lipinski definition) is 4. The number of rotatable bonds is 6. The van der Waals surface area contributed by atoms with E-state index < -0.39 is 0 Å². The third-order valence-electron chi connectivity index (χ3n) is 9.19. The molecule has 1 saturated carbocycles. The van der Waals surface area contributed by atoms with Gasteiger partial charge in [-0.05, 0) is 68.5 Å². The third-order valence-corrected chi connectivity index (χ3v) is 9.19. The molecular formula is C33H39N5O. The summed E-state index contributed by atoms with van der Waals surface area (Å²) in [6, 6.07) is 21.2. The quantitative estimate of drug-likeness (QED) is 0.384. The lowest BCUT2D eigenvalue weighted by atomic mass is 9.89. The van der Waals surface area contributed by atoms with E-state index in [1.807, 2.05) is 18.3 Å². The van der Waals surface area contributed by atoms with Gasteiger partial charge in [0.25, 0.3) is 5.91 Å². The molecule has 2 aliphatic heterocycles. The molecule has 0 unspecified atom stereocenters. The van der Waals surface area contributed by atoms with E-state index in [2.05, 4.69) is 63.0 Å². The van der Waals surface area contributed by atoms with Gasteiger partial charge >= 0.3 is 0 Å². The fraction of sp³-hybridized carbons (Fsp3) is 0.485. The summed E-state index contributed by atoms with van der Waals surface area (Å²) in [5.74, 6) is 0.945. The van der Waals surface area contributed by atoms with E-state index in [0.29, 0.717) is 23.4 Å². The number of carbonyl (C=O) groups excluding carboxylic acids is 1. The molecule has 3 aromatic rings. The molecule has 2 saturated heterocycles. The van der Waals surface area contributed by atoms with Gasteiger partial charge in [0.15, 0.2) is 0 Å². The first-order valence-electron chi connectivity index (χ1n) is 14.8. The number of likely N-dealkylation sites (tertiary alicyclic amines) is 2. The second-order valence-corrected chi connectivity index (χ2v) is 11.7. The van der Waals surface area contributed by atoms with E-state index in [1.165, 1.54) is 48.9 Å². The van der Waals surface area contributed by atoms with Crippen molar-refractivity contribution in [2.75, 3.05) is 26.2 Å². The van der Waals surface area contributed by atoms with E-state index in [4.69, 9.17) is 10.4 Å². The van der Waals surface area contributed by atoms with Crippen LogP contribution in [0.5, 0.6) is 0 Å². The Hall–Kier alpha value is -3.43. The second-order valence-electron chi connectivity index (χ2n) is 11.7. The number of aromatic nitrogens is 2. The first kappa shape index (κ1) is 25.8. The number of piperidine rings is 1. The molecule has 39 heavy (non-hydrogen) atoms. The smallest absolute Gasteiger partial charge is 0.257 e.